The molecule has 5 heteroatoms. The van der Waals surface area contributed by atoms with Gasteiger partial charge in [-0.25, -0.2) is 4.39 Å². The molecule has 0 radical (unpaired) electrons. The van der Waals surface area contributed by atoms with Crippen molar-refractivity contribution in [3.8, 4) is 5.75 Å². The van der Waals surface area contributed by atoms with Gasteiger partial charge in [0.05, 0.1) is 12.2 Å². The number of hydrogen-bond acceptors (Lipinski definition) is 4. The van der Waals surface area contributed by atoms with Crippen LogP contribution in [0.4, 0.5) is 4.39 Å². The van der Waals surface area contributed by atoms with Crippen molar-refractivity contribution < 1.29 is 19.0 Å². The maximum absolute atomic E-state index is 13.3. The predicted octanol–water partition coefficient (Wildman–Crippen LogP) is 2.17. The fourth-order valence-electron chi connectivity index (χ4n) is 3.00. The molecule has 1 aromatic carbocycles. The molecule has 0 amide bonds. The van der Waals surface area contributed by atoms with Gasteiger partial charge in [0.25, 0.3) is 0 Å². The van der Waals surface area contributed by atoms with E-state index in [1.807, 2.05) is 0 Å². The number of ether oxygens (including phenoxy) is 2. The number of rotatable bonds is 3. The summed E-state index contributed by atoms with van der Waals surface area (Å²) < 4.78 is 24.2. The maximum atomic E-state index is 13.3. The Bertz CT molecular complexity index is 488. The van der Waals surface area contributed by atoms with Gasteiger partial charge in [0.1, 0.15) is 11.6 Å². The first-order valence-corrected chi connectivity index (χ1v) is 7.62. The molecule has 1 atom stereocenters. The highest BCUT2D eigenvalue weighted by molar-refractivity contribution is 5.37. The van der Waals surface area contributed by atoms with Crippen molar-refractivity contribution >= 4 is 0 Å². The standard InChI is InChI=1S/C16H22FNO3/c17-12-3-4-13-14(2-1-7-21-15(13)10-12)18-11-16(19)5-8-20-9-6-16/h3-4,10,14,18-19H,1-2,5-9,11H2/t14-/m1/s1. The average molecular weight is 295 g/mol. The van der Waals surface area contributed by atoms with Crippen LogP contribution in [0.5, 0.6) is 5.75 Å². The van der Waals surface area contributed by atoms with Gasteiger partial charge in [-0.2, -0.15) is 0 Å². The lowest BCUT2D eigenvalue weighted by Crippen LogP contribution is -2.45. The zero-order valence-corrected chi connectivity index (χ0v) is 12.1. The van der Waals surface area contributed by atoms with E-state index in [0.717, 1.165) is 18.4 Å². The molecule has 2 N–H and O–H groups in total. The molecule has 21 heavy (non-hydrogen) atoms. The molecule has 0 bridgehead atoms. The van der Waals surface area contributed by atoms with Crippen molar-refractivity contribution in [3.63, 3.8) is 0 Å². The summed E-state index contributed by atoms with van der Waals surface area (Å²) >= 11 is 0. The van der Waals surface area contributed by atoms with E-state index in [1.54, 1.807) is 6.07 Å². The molecule has 2 aliphatic heterocycles. The average Bonchev–Trinajstić information content (AvgIpc) is 2.67. The van der Waals surface area contributed by atoms with E-state index in [2.05, 4.69) is 5.32 Å². The highest BCUT2D eigenvalue weighted by Gasteiger charge is 2.31. The molecule has 0 aliphatic carbocycles. The summed E-state index contributed by atoms with van der Waals surface area (Å²) in [7, 11) is 0. The largest absolute Gasteiger partial charge is 0.493 e. The van der Waals surface area contributed by atoms with E-state index in [0.29, 0.717) is 45.0 Å². The first-order valence-electron chi connectivity index (χ1n) is 7.62. The van der Waals surface area contributed by atoms with Crippen LogP contribution in [0.2, 0.25) is 0 Å². The van der Waals surface area contributed by atoms with E-state index < -0.39 is 5.60 Å². The molecular formula is C16H22FNO3. The first-order chi connectivity index (χ1) is 10.2. The molecular weight excluding hydrogens is 273 g/mol. The Balaban J connectivity index is 1.70. The number of hydrogen-bond donors (Lipinski definition) is 2. The van der Waals surface area contributed by atoms with E-state index >= 15 is 0 Å². The lowest BCUT2D eigenvalue weighted by atomic mass is 9.93. The molecule has 1 aromatic rings. The van der Waals surface area contributed by atoms with E-state index in [-0.39, 0.29) is 11.9 Å². The quantitative estimate of drug-likeness (QED) is 0.897. The van der Waals surface area contributed by atoms with Gasteiger partial charge in [0.2, 0.25) is 0 Å². The lowest BCUT2D eigenvalue weighted by molar-refractivity contribution is -0.0629. The van der Waals surface area contributed by atoms with Crippen molar-refractivity contribution in [2.75, 3.05) is 26.4 Å². The Morgan fingerprint density at radius 2 is 2.10 bits per heavy atom. The van der Waals surface area contributed by atoms with Gasteiger partial charge < -0.3 is 19.9 Å². The molecule has 1 saturated heterocycles. The second-order valence-corrected chi connectivity index (χ2v) is 5.94. The van der Waals surface area contributed by atoms with E-state index in [1.165, 1.54) is 12.1 Å². The first kappa shape index (κ1) is 14.8. The topological polar surface area (TPSA) is 50.7 Å². The summed E-state index contributed by atoms with van der Waals surface area (Å²) in [5, 5.41) is 14.0. The fraction of sp³-hybridized carbons (Fsp3) is 0.625. The van der Waals surface area contributed by atoms with Gasteiger partial charge in [-0.15, -0.1) is 0 Å². The van der Waals surface area contributed by atoms with Crippen LogP contribution < -0.4 is 10.1 Å². The summed E-state index contributed by atoms with van der Waals surface area (Å²) in [6, 6.07) is 4.78. The number of halogens is 1. The van der Waals surface area contributed by atoms with Gasteiger partial charge >= 0.3 is 0 Å². The molecule has 4 nitrogen and oxygen atoms in total. The minimum Gasteiger partial charge on any atom is -0.493 e. The molecule has 0 saturated carbocycles. The normalized spacial score (nSPS) is 24.8. The van der Waals surface area contributed by atoms with Gasteiger partial charge in [-0.05, 0) is 18.9 Å². The van der Waals surface area contributed by atoms with Crippen LogP contribution in [0.25, 0.3) is 0 Å². The number of fused-ring (bicyclic) bond motifs is 1. The van der Waals surface area contributed by atoms with Crippen LogP contribution in [0.15, 0.2) is 18.2 Å². The van der Waals surface area contributed by atoms with Crippen LogP contribution in [0.1, 0.15) is 37.3 Å². The second kappa shape index (κ2) is 6.30. The van der Waals surface area contributed by atoms with Crippen LogP contribution in [0.3, 0.4) is 0 Å². The van der Waals surface area contributed by atoms with Crippen molar-refractivity contribution in [2.45, 2.75) is 37.3 Å². The third-order valence-electron chi connectivity index (χ3n) is 4.35. The van der Waals surface area contributed by atoms with Crippen molar-refractivity contribution in [2.24, 2.45) is 0 Å². The molecule has 2 heterocycles. The van der Waals surface area contributed by atoms with Gasteiger partial charge in [0, 0.05) is 50.3 Å². The summed E-state index contributed by atoms with van der Waals surface area (Å²) in [6.45, 7) is 2.34. The minimum absolute atomic E-state index is 0.0926. The number of nitrogens with one attached hydrogen (secondary N) is 1. The Morgan fingerprint density at radius 3 is 2.90 bits per heavy atom. The summed E-state index contributed by atoms with van der Waals surface area (Å²) in [5.41, 5.74) is 0.274. The Kier molecular flexibility index (Phi) is 4.42. The highest BCUT2D eigenvalue weighted by atomic mass is 19.1. The van der Waals surface area contributed by atoms with Crippen molar-refractivity contribution in [3.05, 3.63) is 29.6 Å². The Labute approximate surface area is 124 Å². The van der Waals surface area contributed by atoms with Crippen molar-refractivity contribution in [1.82, 2.24) is 5.32 Å². The van der Waals surface area contributed by atoms with Crippen LogP contribution in [0, 0.1) is 5.82 Å². The van der Waals surface area contributed by atoms with Gasteiger partial charge in [-0.1, -0.05) is 6.07 Å². The molecule has 0 unspecified atom stereocenters. The second-order valence-electron chi connectivity index (χ2n) is 5.94. The molecule has 0 aromatic heterocycles. The zero-order valence-electron chi connectivity index (χ0n) is 12.1. The predicted molar refractivity (Wildman–Crippen MR) is 76.9 cm³/mol. The van der Waals surface area contributed by atoms with E-state index in [4.69, 9.17) is 9.47 Å². The number of aliphatic hydroxyl groups is 1. The lowest BCUT2D eigenvalue weighted by Gasteiger charge is -2.33. The minimum atomic E-state index is -0.703. The Hall–Kier alpha value is -1.17. The van der Waals surface area contributed by atoms with Crippen LogP contribution >= 0.6 is 0 Å². The third kappa shape index (κ3) is 3.54. The van der Waals surface area contributed by atoms with Crippen LogP contribution in [-0.2, 0) is 4.74 Å². The molecule has 0 spiro atoms. The van der Waals surface area contributed by atoms with Gasteiger partial charge in [-0.3, -0.25) is 0 Å². The van der Waals surface area contributed by atoms with Crippen LogP contribution in [-0.4, -0.2) is 37.1 Å². The summed E-state index contributed by atoms with van der Waals surface area (Å²) in [4.78, 5) is 0. The molecule has 3 rings (SSSR count). The monoisotopic (exact) mass is 295 g/mol. The zero-order chi connectivity index (χ0) is 14.7. The molecule has 2 aliphatic rings. The molecule has 116 valence electrons. The fourth-order valence-corrected chi connectivity index (χ4v) is 3.00. The molecule has 1 fully saturated rings. The highest BCUT2D eigenvalue weighted by Crippen LogP contribution is 2.32. The summed E-state index contributed by atoms with van der Waals surface area (Å²) in [6.07, 6.45) is 3.14. The third-order valence-corrected chi connectivity index (χ3v) is 4.35. The Morgan fingerprint density at radius 1 is 1.29 bits per heavy atom. The smallest absolute Gasteiger partial charge is 0.126 e. The van der Waals surface area contributed by atoms with Crippen molar-refractivity contribution in [1.29, 1.82) is 0 Å². The van der Waals surface area contributed by atoms with E-state index in [9.17, 15) is 9.50 Å². The van der Waals surface area contributed by atoms with Gasteiger partial charge in [0.15, 0.2) is 0 Å². The SMILES string of the molecule is OC1(CN[C@@H]2CCCOc3cc(F)ccc32)CCOCC1. The number of benzene rings is 1. The maximum Gasteiger partial charge on any atom is 0.126 e. The summed E-state index contributed by atoms with van der Waals surface area (Å²) in [5.74, 6) is 0.335.